The van der Waals surface area contributed by atoms with Crippen LogP contribution < -0.4 is 4.74 Å². The van der Waals surface area contributed by atoms with Crippen LogP contribution in [-0.2, 0) is 6.42 Å². The number of imidazole rings is 1. The standard InChI is InChI=1S/C17H16N2O2/c20-14-7-5-13(6-8-14)9-10-21-17-4-2-1-3-15(17)16-11-18-12-19-16/h1-8,11-12,20H,9-10H2,(H,18,19). The van der Waals surface area contributed by atoms with Crippen LogP contribution in [0.1, 0.15) is 5.56 Å². The van der Waals surface area contributed by atoms with E-state index in [1.54, 1.807) is 24.7 Å². The van der Waals surface area contributed by atoms with Crippen molar-refractivity contribution in [1.29, 1.82) is 0 Å². The molecule has 4 heteroatoms. The maximum absolute atomic E-state index is 9.26. The van der Waals surface area contributed by atoms with E-state index >= 15 is 0 Å². The van der Waals surface area contributed by atoms with E-state index in [2.05, 4.69) is 9.97 Å². The van der Waals surface area contributed by atoms with Crippen molar-refractivity contribution >= 4 is 0 Å². The molecule has 0 amide bonds. The molecule has 0 saturated carbocycles. The van der Waals surface area contributed by atoms with Crippen LogP contribution in [0.4, 0.5) is 0 Å². The Balaban J connectivity index is 1.67. The van der Waals surface area contributed by atoms with Gasteiger partial charge in [-0.05, 0) is 29.8 Å². The predicted molar refractivity (Wildman–Crippen MR) is 81.3 cm³/mol. The van der Waals surface area contributed by atoms with Crippen molar-refractivity contribution in [3.63, 3.8) is 0 Å². The zero-order valence-corrected chi connectivity index (χ0v) is 11.5. The second-order valence-corrected chi connectivity index (χ2v) is 4.73. The van der Waals surface area contributed by atoms with E-state index in [0.29, 0.717) is 6.61 Å². The lowest BCUT2D eigenvalue weighted by molar-refractivity contribution is 0.323. The average Bonchev–Trinajstić information content (AvgIpc) is 3.04. The molecule has 2 N–H and O–H groups in total. The van der Waals surface area contributed by atoms with Gasteiger partial charge in [0.15, 0.2) is 0 Å². The number of H-pyrrole nitrogens is 1. The van der Waals surface area contributed by atoms with Crippen LogP contribution in [0.5, 0.6) is 11.5 Å². The molecular weight excluding hydrogens is 264 g/mol. The lowest BCUT2D eigenvalue weighted by Gasteiger charge is -2.10. The lowest BCUT2D eigenvalue weighted by atomic mass is 10.1. The molecule has 0 fully saturated rings. The third-order valence-corrected chi connectivity index (χ3v) is 3.26. The zero-order chi connectivity index (χ0) is 14.5. The van der Waals surface area contributed by atoms with Gasteiger partial charge in [0.05, 0.1) is 24.8 Å². The molecule has 106 valence electrons. The number of benzene rings is 2. The number of nitrogens with one attached hydrogen (secondary N) is 1. The lowest BCUT2D eigenvalue weighted by Crippen LogP contribution is -2.02. The summed E-state index contributed by atoms with van der Waals surface area (Å²) in [6.07, 6.45) is 4.22. The van der Waals surface area contributed by atoms with E-state index in [1.807, 2.05) is 36.4 Å². The summed E-state index contributed by atoms with van der Waals surface area (Å²) in [5, 5.41) is 9.26. The van der Waals surface area contributed by atoms with Gasteiger partial charge in [-0.25, -0.2) is 4.98 Å². The number of aromatic amines is 1. The van der Waals surface area contributed by atoms with Crippen molar-refractivity contribution in [2.75, 3.05) is 6.61 Å². The molecule has 0 saturated heterocycles. The van der Waals surface area contributed by atoms with E-state index in [1.165, 1.54) is 0 Å². The molecule has 0 spiro atoms. The summed E-state index contributed by atoms with van der Waals surface area (Å²) < 4.78 is 5.88. The molecule has 0 aliphatic heterocycles. The second kappa shape index (κ2) is 6.13. The van der Waals surface area contributed by atoms with E-state index in [4.69, 9.17) is 4.74 Å². The van der Waals surface area contributed by atoms with Crippen LogP contribution in [0.3, 0.4) is 0 Å². The fraction of sp³-hybridized carbons (Fsp3) is 0.118. The van der Waals surface area contributed by atoms with Crippen molar-refractivity contribution in [2.24, 2.45) is 0 Å². The summed E-state index contributed by atoms with van der Waals surface area (Å²) >= 11 is 0. The highest BCUT2D eigenvalue weighted by Gasteiger charge is 2.06. The molecule has 21 heavy (non-hydrogen) atoms. The smallest absolute Gasteiger partial charge is 0.128 e. The van der Waals surface area contributed by atoms with Gasteiger partial charge in [-0.3, -0.25) is 0 Å². The first-order valence-electron chi connectivity index (χ1n) is 6.81. The molecule has 0 aliphatic rings. The summed E-state index contributed by atoms with van der Waals surface area (Å²) in [6.45, 7) is 0.579. The summed E-state index contributed by atoms with van der Waals surface area (Å²) in [6, 6.07) is 15.1. The van der Waals surface area contributed by atoms with Gasteiger partial charge in [-0.1, -0.05) is 24.3 Å². The number of phenols is 1. The van der Waals surface area contributed by atoms with Crippen molar-refractivity contribution in [2.45, 2.75) is 6.42 Å². The molecule has 1 aromatic heterocycles. The second-order valence-electron chi connectivity index (χ2n) is 4.73. The Labute approximate surface area is 123 Å². The number of hydrogen-bond donors (Lipinski definition) is 2. The van der Waals surface area contributed by atoms with Crippen LogP contribution in [0.2, 0.25) is 0 Å². The first kappa shape index (κ1) is 13.2. The Morgan fingerprint density at radius 1 is 1.05 bits per heavy atom. The maximum atomic E-state index is 9.26. The van der Waals surface area contributed by atoms with Crippen molar-refractivity contribution in [3.8, 4) is 22.8 Å². The SMILES string of the molecule is Oc1ccc(CCOc2ccccc2-c2cnc[nH]2)cc1. The van der Waals surface area contributed by atoms with Crippen LogP contribution in [0.25, 0.3) is 11.3 Å². The highest BCUT2D eigenvalue weighted by molar-refractivity contribution is 5.66. The van der Waals surface area contributed by atoms with Gasteiger partial charge in [-0.15, -0.1) is 0 Å². The predicted octanol–water partition coefficient (Wildman–Crippen LogP) is 3.40. The third-order valence-electron chi connectivity index (χ3n) is 3.26. The van der Waals surface area contributed by atoms with Gasteiger partial charge in [0, 0.05) is 12.0 Å². The van der Waals surface area contributed by atoms with Crippen molar-refractivity contribution < 1.29 is 9.84 Å². The Kier molecular flexibility index (Phi) is 3.87. The largest absolute Gasteiger partial charge is 0.508 e. The Morgan fingerprint density at radius 2 is 1.86 bits per heavy atom. The minimum absolute atomic E-state index is 0.282. The van der Waals surface area contributed by atoms with Gasteiger partial charge in [-0.2, -0.15) is 0 Å². The van der Waals surface area contributed by atoms with Crippen molar-refractivity contribution in [1.82, 2.24) is 9.97 Å². The fourth-order valence-electron chi connectivity index (χ4n) is 2.16. The molecule has 4 nitrogen and oxygen atoms in total. The quantitative estimate of drug-likeness (QED) is 0.753. The molecule has 0 bridgehead atoms. The van der Waals surface area contributed by atoms with Gasteiger partial charge in [0.1, 0.15) is 11.5 Å². The minimum Gasteiger partial charge on any atom is -0.508 e. The van der Waals surface area contributed by atoms with Crippen molar-refractivity contribution in [3.05, 3.63) is 66.6 Å². The molecule has 3 aromatic rings. The van der Waals surface area contributed by atoms with Crippen LogP contribution in [-0.4, -0.2) is 21.7 Å². The molecule has 1 heterocycles. The van der Waals surface area contributed by atoms with Gasteiger partial charge in [0.2, 0.25) is 0 Å². The Hall–Kier alpha value is -2.75. The Bertz CT molecular complexity index is 691. The van der Waals surface area contributed by atoms with E-state index in [9.17, 15) is 5.11 Å². The number of aromatic hydroxyl groups is 1. The van der Waals surface area contributed by atoms with Crippen LogP contribution >= 0.6 is 0 Å². The zero-order valence-electron chi connectivity index (χ0n) is 11.5. The first-order chi connectivity index (χ1) is 10.3. The van der Waals surface area contributed by atoms with Gasteiger partial charge < -0.3 is 14.8 Å². The third kappa shape index (κ3) is 3.23. The summed E-state index contributed by atoms with van der Waals surface area (Å²) in [5.41, 5.74) is 3.07. The number of para-hydroxylation sites is 1. The molecule has 0 atom stereocenters. The molecule has 0 aliphatic carbocycles. The summed E-state index contributed by atoms with van der Waals surface area (Å²) in [4.78, 5) is 7.13. The number of rotatable bonds is 5. The number of ether oxygens (including phenoxy) is 1. The first-order valence-corrected chi connectivity index (χ1v) is 6.81. The monoisotopic (exact) mass is 280 g/mol. The molecular formula is C17H16N2O2. The van der Waals surface area contributed by atoms with E-state index in [0.717, 1.165) is 29.0 Å². The van der Waals surface area contributed by atoms with Crippen LogP contribution in [0.15, 0.2) is 61.1 Å². The number of aromatic nitrogens is 2. The number of phenolic OH excluding ortho intramolecular Hbond substituents is 1. The molecule has 0 unspecified atom stereocenters. The molecule has 3 rings (SSSR count). The average molecular weight is 280 g/mol. The summed E-state index contributed by atoms with van der Waals surface area (Å²) in [7, 11) is 0. The molecule has 2 aromatic carbocycles. The van der Waals surface area contributed by atoms with E-state index < -0.39 is 0 Å². The van der Waals surface area contributed by atoms with Gasteiger partial charge >= 0.3 is 0 Å². The molecule has 0 radical (unpaired) electrons. The van der Waals surface area contributed by atoms with Gasteiger partial charge in [0.25, 0.3) is 0 Å². The Morgan fingerprint density at radius 3 is 2.62 bits per heavy atom. The number of hydrogen-bond acceptors (Lipinski definition) is 3. The maximum Gasteiger partial charge on any atom is 0.128 e. The highest BCUT2D eigenvalue weighted by atomic mass is 16.5. The highest BCUT2D eigenvalue weighted by Crippen LogP contribution is 2.27. The normalized spacial score (nSPS) is 10.5. The topological polar surface area (TPSA) is 58.1 Å². The summed E-state index contributed by atoms with van der Waals surface area (Å²) in [5.74, 6) is 1.12. The fourth-order valence-corrected chi connectivity index (χ4v) is 2.16. The number of nitrogens with zero attached hydrogens (tertiary/aromatic N) is 1. The van der Waals surface area contributed by atoms with E-state index in [-0.39, 0.29) is 5.75 Å². The van der Waals surface area contributed by atoms with Crippen LogP contribution in [0, 0.1) is 0 Å². The minimum atomic E-state index is 0.282.